The summed E-state index contributed by atoms with van der Waals surface area (Å²) in [6.07, 6.45) is 7.10. The zero-order valence-corrected chi connectivity index (χ0v) is 17.1. The first-order chi connectivity index (χ1) is 14.8. The van der Waals surface area contributed by atoms with Crippen molar-refractivity contribution in [3.63, 3.8) is 0 Å². The normalized spacial score (nSPS) is 14.7. The van der Waals surface area contributed by atoms with E-state index in [0.717, 1.165) is 58.2 Å². The van der Waals surface area contributed by atoms with Crippen LogP contribution in [0.2, 0.25) is 0 Å². The Balaban J connectivity index is 1.42. The van der Waals surface area contributed by atoms with Gasteiger partial charge in [-0.3, -0.25) is 14.8 Å². The van der Waals surface area contributed by atoms with Gasteiger partial charge in [-0.15, -0.1) is 0 Å². The molecule has 156 valence electrons. The van der Waals surface area contributed by atoms with Crippen LogP contribution >= 0.6 is 0 Å². The minimum atomic E-state index is 0.356. The topological polar surface area (TPSA) is 63.6 Å². The second kappa shape index (κ2) is 10.8. The summed E-state index contributed by atoms with van der Waals surface area (Å²) in [7, 11) is 0. The van der Waals surface area contributed by atoms with Gasteiger partial charge in [0.25, 0.3) is 0 Å². The molecule has 1 aromatic carbocycles. The Bertz CT molecular complexity index is 888. The Labute approximate surface area is 177 Å². The van der Waals surface area contributed by atoms with E-state index in [-0.39, 0.29) is 0 Å². The molecule has 0 unspecified atom stereocenters. The number of nitrogens with zero attached hydrogens (tertiary/aromatic N) is 5. The second-order valence-corrected chi connectivity index (χ2v) is 7.31. The van der Waals surface area contributed by atoms with Crippen LogP contribution in [0.1, 0.15) is 11.1 Å². The molecule has 0 saturated carbocycles. The van der Waals surface area contributed by atoms with Crippen LogP contribution in [0.15, 0.2) is 67.3 Å². The molecule has 7 nitrogen and oxygen atoms in total. The number of morpholine rings is 1. The van der Waals surface area contributed by atoms with E-state index in [9.17, 15) is 0 Å². The van der Waals surface area contributed by atoms with Gasteiger partial charge in [0.05, 0.1) is 13.2 Å². The fourth-order valence-electron chi connectivity index (χ4n) is 3.48. The van der Waals surface area contributed by atoms with Crippen molar-refractivity contribution in [1.29, 1.82) is 0 Å². The average molecular weight is 406 g/mol. The minimum absolute atomic E-state index is 0.356. The summed E-state index contributed by atoms with van der Waals surface area (Å²) in [6.45, 7) is 7.33. The molecule has 2 aromatic heterocycles. The quantitative estimate of drug-likeness (QED) is 0.542. The highest BCUT2D eigenvalue weighted by molar-refractivity contribution is 5.30. The van der Waals surface area contributed by atoms with Gasteiger partial charge in [0, 0.05) is 64.1 Å². The third kappa shape index (κ3) is 6.32. The maximum atomic E-state index is 5.80. The number of rotatable bonds is 9. The predicted molar refractivity (Wildman–Crippen MR) is 114 cm³/mol. The van der Waals surface area contributed by atoms with Crippen LogP contribution in [0.5, 0.6) is 11.8 Å². The van der Waals surface area contributed by atoms with E-state index in [0.29, 0.717) is 6.01 Å². The van der Waals surface area contributed by atoms with Gasteiger partial charge in [-0.1, -0.05) is 18.2 Å². The molecule has 4 rings (SSSR count). The van der Waals surface area contributed by atoms with Crippen molar-refractivity contribution in [1.82, 2.24) is 24.8 Å². The van der Waals surface area contributed by atoms with Crippen molar-refractivity contribution in [3.8, 4) is 11.8 Å². The van der Waals surface area contributed by atoms with E-state index in [4.69, 9.17) is 9.47 Å². The molecule has 30 heavy (non-hydrogen) atoms. The Morgan fingerprint density at radius 1 is 0.933 bits per heavy atom. The fraction of sp³-hybridized carbons (Fsp3) is 0.348. The molecule has 1 saturated heterocycles. The standard InChI is InChI=1S/C23H27N5O2/c1-4-20(16-22(6-1)30-23-25-8-3-9-26-23)18-28(19-21-5-2-7-24-17-21)11-10-27-12-14-29-15-13-27/h1-9,16-17H,10-15,18-19H2. The molecule has 7 heteroatoms. The van der Waals surface area contributed by atoms with Crippen molar-refractivity contribution in [2.24, 2.45) is 0 Å². The fourth-order valence-corrected chi connectivity index (χ4v) is 3.48. The molecule has 1 aliphatic rings. The number of pyridine rings is 1. The highest BCUT2D eigenvalue weighted by atomic mass is 16.5. The molecule has 0 N–H and O–H groups in total. The van der Waals surface area contributed by atoms with Crippen LogP contribution in [0, 0.1) is 0 Å². The summed E-state index contributed by atoms with van der Waals surface area (Å²) in [5.41, 5.74) is 2.40. The summed E-state index contributed by atoms with van der Waals surface area (Å²) in [5.74, 6) is 0.744. The third-order valence-corrected chi connectivity index (χ3v) is 5.02. The molecule has 0 atom stereocenters. The number of hydrogen-bond acceptors (Lipinski definition) is 7. The minimum Gasteiger partial charge on any atom is -0.424 e. The molecule has 0 amide bonds. The maximum absolute atomic E-state index is 5.80. The van der Waals surface area contributed by atoms with Gasteiger partial charge in [-0.2, -0.15) is 0 Å². The number of aromatic nitrogens is 3. The van der Waals surface area contributed by atoms with Gasteiger partial charge in [0.1, 0.15) is 5.75 Å². The third-order valence-electron chi connectivity index (χ3n) is 5.02. The van der Waals surface area contributed by atoms with Crippen LogP contribution < -0.4 is 4.74 Å². The van der Waals surface area contributed by atoms with Crippen molar-refractivity contribution in [2.75, 3.05) is 39.4 Å². The first-order valence-corrected chi connectivity index (χ1v) is 10.3. The summed E-state index contributed by atoms with van der Waals surface area (Å²) < 4.78 is 11.3. The van der Waals surface area contributed by atoms with Gasteiger partial charge < -0.3 is 9.47 Å². The van der Waals surface area contributed by atoms with E-state index in [2.05, 4.69) is 43.0 Å². The second-order valence-electron chi connectivity index (χ2n) is 7.31. The van der Waals surface area contributed by atoms with Gasteiger partial charge in [-0.25, -0.2) is 9.97 Å². The number of benzene rings is 1. The molecule has 0 aliphatic carbocycles. The first kappa shape index (κ1) is 20.4. The highest BCUT2D eigenvalue weighted by Gasteiger charge is 2.14. The SMILES string of the molecule is c1cnc(Oc2cccc(CN(CCN3CCOCC3)Cc3cccnc3)c2)nc1. The van der Waals surface area contributed by atoms with Crippen molar-refractivity contribution >= 4 is 0 Å². The van der Waals surface area contributed by atoms with E-state index < -0.39 is 0 Å². The maximum Gasteiger partial charge on any atom is 0.321 e. The molecule has 1 fully saturated rings. The molecular formula is C23H27N5O2. The van der Waals surface area contributed by atoms with Crippen LogP contribution in [0.4, 0.5) is 0 Å². The van der Waals surface area contributed by atoms with Crippen LogP contribution in [-0.4, -0.2) is 64.1 Å². The lowest BCUT2D eigenvalue weighted by molar-refractivity contribution is 0.0325. The molecule has 3 heterocycles. The van der Waals surface area contributed by atoms with Crippen molar-refractivity contribution in [3.05, 3.63) is 78.4 Å². The Kier molecular flexibility index (Phi) is 7.33. The Morgan fingerprint density at radius 2 is 1.73 bits per heavy atom. The Hall–Kier alpha value is -2.87. The van der Waals surface area contributed by atoms with Crippen LogP contribution in [-0.2, 0) is 17.8 Å². The van der Waals surface area contributed by atoms with Gasteiger partial charge >= 0.3 is 6.01 Å². The highest BCUT2D eigenvalue weighted by Crippen LogP contribution is 2.20. The average Bonchev–Trinajstić information content (AvgIpc) is 2.80. The zero-order chi connectivity index (χ0) is 20.4. The molecule has 1 aliphatic heterocycles. The van der Waals surface area contributed by atoms with E-state index in [1.807, 2.05) is 30.6 Å². The lowest BCUT2D eigenvalue weighted by atomic mass is 10.2. The largest absolute Gasteiger partial charge is 0.424 e. The summed E-state index contributed by atoms with van der Waals surface area (Å²) in [4.78, 5) is 17.5. The first-order valence-electron chi connectivity index (χ1n) is 10.3. The summed E-state index contributed by atoms with van der Waals surface area (Å²) >= 11 is 0. The lowest BCUT2D eigenvalue weighted by Gasteiger charge is -2.30. The lowest BCUT2D eigenvalue weighted by Crippen LogP contribution is -2.41. The molecular weight excluding hydrogens is 378 g/mol. The predicted octanol–water partition coefficient (Wildman–Crippen LogP) is 3.00. The van der Waals surface area contributed by atoms with Gasteiger partial charge in [0.15, 0.2) is 0 Å². The summed E-state index contributed by atoms with van der Waals surface area (Å²) in [5, 5.41) is 0. The van der Waals surface area contributed by atoms with Gasteiger partial charge in [-0.05, 0) is 35.4 Å². The monoisotopic (exact) mass is 405 g/mol. The molecule has 0 bridgehead atoms. The van der Waals surface area contributed by atoms with Crippen LogP contribution in [0.3, 0.4) is 0 Å². The molecule has 0 radical (unpaired) electrons. The van der Waals surface area contributed by atoms with Crippen molar-refractivity contribution in [2.45, 2.75) is 13.1 Å². The number of ether oxygens (including phenoxy) is 2. The molecule has 0 spiro atoms. The van der Waals surface area contributed by atoms with Crippen LogP contribution in [0.25, 0.3) is 0 Å². The summed E-state index contributed by atoms with van der Waals surface area (Å²) in [6, 6.07) is 14.4. The van der Waals surface area contributed by atoms with E-state index >= 15 is 0 Å². The smallest absolute Gasteiger partial charge is 0.321 e. The van der Waals surface area contributed by atoms with E-state index in [1.165, 1.54) is 11.1 Å². The van der Waals surface area contributed by atoms with E-state index in [1.54, 1.807) is 18.5 Å². The number of hydrogen-bond donors (Lipinski definition) is 0. The van der Waals surface area contributed by atoms with Gasteiger partial charge in [0.2, 0.25) is 0 Å². The Morgan fingerprint density at radius 3 is 2.53 bits per heavy atom. The molecule has 3 aromatic rings. The zero-order valence-electron chi connectivity index (χ0n) is 17.1. The van der Waals surface area contributed by atoms with Crippen molar-refractivity contribution < 1.29 is 9.47 Å².